The van der Waals surface area contributed by atoms with Crippen LogP contribution in [-0.4, -0.2) is 38.1 Å². The van der Waals surface area contributed by atoms with E-state index in [0.29, 0.717) is 25.7 Å². The highest BCUT2D eigenvalue weighted by Gasteiger charge is 2.20. The van der Waals surface area contributed by atoms with E-state index in [1.807, 2.05) is 29.8 Å². The molecule has 0 radical (unpaired) electrons. The van der Waals surface area contributed by atoms with Crippen molar-refractivity contribution in [2.24, 2.45) is 5.92 Å². The molecule has 2 N–H and O–H groups in total. The van der Waals surface area contributed by atoms with Crippen molar-refractivity contribution in [1.82, 2.24) is 14.7 Å². The largest absolute Gasteiger partial charge is 0.381 e. The van der Waals surface area contributed by atoms with Gasteiger partial charge in [0, 0.05) is 42.7 Å². The van der Waals surface area contributed by atoms with Gasteiger partial charge in [0.1, 0.15) is 0 Å². The predicted molar refractivity (Wildman–Crippen MR) is 123 cm³/mol. The Hall–Kier alpha value is -2.59. The summed E-state index contributed by atoms with van der Waals surface area (Å²) in [6.45, 7) is 1.81. The van der Waals surface area contributed by atoms with Gasteiger partial charge in [-0.25, -0.2) is 18.1 Å². The molecule has 0 aliphatic carbocycles. The molecule has 9 heteroatoms. The molecule has 0 amide bonds. The Morgan fingerprint density at radius 3 is 2.77 bits per heavy atom. The molecule has 0 spiro atoms. The van der Waals surface area contributed by atoms with Crippen molar-refractivity contribution in [2.75, 3.05) is 25.1 Å². The van der Waals surface area contributed by atoms with Crippen molar-refractivity contribution < 1.29 is 13.2 Å². The zero-order chi connectivity index (χ0) is 21.3. The van der Waals surface area contributed by atoms with E-state index in [4.69, 9.17) is 4.74 Å². The first-order valence-electron chi connectivity index (χ1n) is 10.1. The number of pyridine rings is 1. The Kier molecular flexibility index (Phi) is 5.58. The van der Waals surface area contributed by atoms with Crippen molar-refractivity contribution in [1.29, 1.82) is 0 Å². The Morgan fingerprint density at radius 2 is 1.90 bits per heavy atom. The Morgan fingerprint density at radius 1 is 1.03 bits per heavy atom. The van der Waals surface area contributed by atoms with Crippen LogP contribution in [0, 0.1) is 5.92 Å². The van der Waals surface area contributed by atoms with Crippen LogP contribution in [0.15, 0.2) is 59.1 Å². The van der Waals surface area contributed by atoms with E-state index < -0.39 is 10.0 Å². The second kappa shape index (κ2) is 8.51. The van der Waals surface area contributed by atoms with Crippen LogP contribution < -0.4 is 10.0 Å². The molecule has 160 valence electrons. The SMILES string of the molecule is O=S(=O)(NCC1CCOCC1)c1ccc2nccc(Nc3ccc4scnc4c3)c2c1. The van der Waals surface area contributed by atoms with E-state index >= 15 is 0 Å². The molecule has 1 aliphatic rings. The van der Waals surface area contributed by atoms with Crippen molar-refractivity contribution in [3.8, 4) is 0 Å². The van der Waals surface area contributed by atoms with Crippen LogP contribution in [0.25, 0.3) is 21.1 Å². The molecule has 4 aromatic rings. The lowest BCUT2D eigenvalue weighted by Gasteiger charge is -2.22. The summed E-state index contributed by atoms with van der Waals surface area (Å²) in [7, 11) is -3.62. The summed E-state index contributed by atoms with van der Waals surface area (Å²) in [6, 6.07) is 12.9. The zero-order valence-corrected chi connectivity index (χ0v) is 18.4. The summed E-state index contributed by atoms with van der Waals surface area (Å²) in [5.41, 5.74) is 5.15. The molecule has 1 fully saturated rings. The fraction of sp³-hybridized carbons (Fsp3) is 0.273. The normalized spacial score (nSPS) is 15.5. The minimum absolute atomic E-state index is 0.234. The second-order valence-electron chi connectivity index (χ2n) is 7.60. The smallest absolute Gasteiger partial charge is 0.240 e. The Labute approximate surface area is 184 Å². The fourth-order valence-corrected chi connectivity index (χ4v) is 5.55. The summed E-state index contributed by atoms with van der Waals surface area (Å²) in [6.07, 6.45) is 3.47. The number of aromatic nitrogens is 2. The van der Waals surface area contributed by atoms with E-state index in [9.17, 15) is 8.42 Å². The lowest BCUT2D eigenvalue weighted by atomic mass is 10.0. The van der Waals surface area contributed by atoms with Gasteiger partial charge in [0.15, 0.2) is 0 Å². The maximum Gasteiger partial charge on any atom is 0.240 e. The minimum Gasteiger partial charge on any atom is -0.381 e. The average Bonchev–Trinajstić information content (AvgIpc) is 3.26. The second-order valence-corrected chi connectivity index (χ2v) is 10.3. The third-order valence-corrected chi connectivity index (χ3v) is 7.77. The van der Waals surface area contributed by atoms with E-state index in [2.05, 4.69) is 20.0 Å². The summed E-state index contributed by atoms with van der Waals surface area (Å²) in [5.74, 6) is 0.309. The van der Waals surface area contributed by atoms with Gasteiger partial charge in [0.05, 0.1) is 26.1 Å². The molecule has 1 saturated heterocycles. The van der Waals surface area contributed by atoms with Crippen LogP contribution in [0.4, 0.5) is 11.4 Å². The maximum absolute atomic E-state index is 12.9. The monoisotopic (exact) mass is 454 g/mol. The number of hydrogen-bond acceptors (Lipinski definition) is 7. The van der Waals surface area contributed by atoms with Crippen LogP contribution in [0.2, 0.25) is 0 Å². The van der Waals surface area contributed by atoms with Crippen molar-refractivity contribution >= 4 is 53.9 Å². The van der Waals surface area contributed by atoms with Crippen LogP contribution in [-0.2, 0) is 14.8 Å². The lowest BCUT2D eigenvalue weighted by Crippen LogP contribution is -2.32. The number of sulfonamides is 1. The van der Waals surface area contributed by atoms with Gasteiger partial charge in [0.25, 0.3) is 0 Å². The topological polar surface area (TPSA) is 93.2 Å². The minimum atomic E-state index is -3.62. The maximum atomic E-state index is 12.9. The number of nitrogens with zero attached hydrogens (tertiary/aromatic N) is 2. The number of nitrogens with one attached hydrogen (secondary N) is 2. The number of ether oxygens (including phenoxy) is 1. The summed E-state index contributed by atoms with van der Waals surface area (Å²) in [4.78, 5) is 8.98. The number of anilines is 2. The van der Waals surface area contributed by atoms with Gasteiger partial charge in [-0.1, -0.05) is 0 Å². The fourth-order valence-electron chi connectivity index (χ4n) is 3.75. The third-order valence-electron chi connectivity index (χ3n) is 5.54. The summed E-state index contributed by atoms with van der Waals surface area (Å²) < 4.78 is 35.1. The molecule has 3 heterocycles. The van der Waals surface area contributed by atoms with Crippen LogP contribution in [0.5, 0.6) is 0 Å². The van der Waals surface area contributed by atoms with Crippen LogP contribution in [0.1, 0.15) is 12.8 Å². The molecule has 0 bridgehead atoms. The highest BCUT2D eigenvalue weighted by atomic mass is 32.2. The quantitative estimate of drug-likeness (QED) is 0.451. The molecule has 0 saturated carbocycles. The first kappa shape index (κ1) is 20.3. The van der Waals surface area contributed by atoms with Crippen molar-refractivity contribution in [3.63, 3.8) is 0 Å². The van der Waals surface area contributed by atoms with Gasteiger partial charge in [-0.05, 0) is 61.2 Å². The highest BCUT2D eigenvalue weighted by Crippen LogP contribution is 2.29. The number of hydrogen-bond donors (Lipinski definition) is 2. The molecule has 0 atom stereocenters. The molecule has 7 nitrogen and oxygen atoms in total. The van der Waals surface area contributed by atoms with E-state index in [0.717, 1.165) is 45.3 Å². The molecular formula is C22H22N4O3S2. The number of fused-ring (bicyclic) bond motifs is 2. The highest BCUT2D eigenvalue weighted by molar-refractivity contribution is 7.89. The van der Waals surface area contributed by atoms with E-state index in [1.54, 1.807) is 35.7 Å². The average molecular weight is 455 g/mol. The lowest BCUT2D eigenvalue weighted by molar-refractivity contribution is 0.0678. The molecule has 5 rings (SSSR count). The zero-order valence-electron chi connectivity index (χ0n) is 16.7. The van der Waals surface area contributed by atoms with Gasteiger partial charge in [0.2, 0.25) is 10.0 Å². The van der Waals surface area contributed by atoms with E-state index in [1.165, 1.54) is 0 Å². The van der Waals surface area contributed by atoms with Gasteiger partial charge in [-0.3, -0.25) is 4.98 Å². The standard InChI is InChI=1S/C22H22N4O3S2/c27-31(28,25-13-15-6-9-29-10-7-15)17-2-3-19-18(12-17)20(5-8-23-19)26-16-1-4-22-21(11-16)24-14-30-22/h1-5,8,11-12,14-15,25H,6-7,9-10,13H2,(H,23,26). The number of rotatable bonds is 6. The number of benzene rings is 2. The van der Waals surface area contributed by atoms with Gasteiger partial charge in [-0.2, -0.15) is 0 Å². The van der Waals surface area contributed by atoms with Crippen LogP contribution in [0.3, 0.4) is 0 Å². The van der Waals surface area contributed by atoms with Gasteiger partial charge < -0.3 is 10.1 Å². The van der Waals surface area contributed by atoms with Crippen molar-refractivity contribution in [3.05, 3.63) is 54.2 Å². The van der Waals surface area contributed by atoms with Crippen LogP contribution >= 0.6 is 11.3 Å². The molecule has 0 unspecified atom stereocenters. The Bertz CT molecular complexity index is 1330. The molecule has 2 aromatic carbocycles. The van der Waals surface area contributed by atoms with E-state index in [-0.39, 0.29) is 4.90 Å². The number of thiazole rings is 1. The molecule has 31 heavy (non-hydrogen) atoms. The third kappa shape index (κ3) is 4.40. The van der Waals surface area contributed by atoms with Crippen molar-refractivity contribution in [2.45, 2.75) is 17.7 Å². The summed E-state index contributed by atoms with van der Waals surface area (Å²) >= 11 is 1.59. The van der Waals surface area contributed by atoms with Gasteiger partial charge >= 0.3 is 0 Å². The summed E-state index contributed by atoms with van der Waals surface area (Å²) in [5, 5.41) is 4.13. The first-order valence-corrected chi connectivity index (χ1v) is 12.5. The Balaban J connectivity index is 1.42. The molecular weight excluding hydrogens is 432 g/mol. The predicted octanol–water partition coefficient (Wildman–Crippen LogP) is 4.29. The molecule has 1 aliphatic heterocycles. The first-order chi connectivity index (χ1) is 15.1. The van der Waals surface area contributed by atoms with Gasteiger partial charge in [-0.15, -0.1) is 11.3 Å². The molecule has 2 aromatic heterocycles.